The van der Waals surface area contributed by atoms with Crippen molar-refractivity contribution >= 4 is 18.5 Å². The molecule has 0 aliphatic rings. The fourth-order valence-electron chi connectivity index (χ4n) is 2.00. The molecule has 0 fully saturated rings. The van der Waals surface area contributed by atoms with Crippen LogP contribution in [-0.2, 0) is 0 Å². The fraction of sp³-hybridized carbons (Fsp3) is 0.294. The minimum atomic E-state index is -0.745. The van der Waals surface area contributed by atoms with Crippen molar-refractivity contribution in [2.75, 3.05) is 0 Å². The van der Waals surface area contributed by atoms with Gasteiger partial charge in [0.05, 0.1) is 5.85 Å². The maximum Gasteiger partial charge on any atom is 0.0861 e. The lowest BCUT2D eigenvalue weighted by Gasteiger charge is -2.34. The number of hydrogen-bond acceptors (Lipinski definition) is 1. The van der Waals surface area contributed by atoms with Gasteiger partial charge in [0.1, 0.15) is 0 Å². The largest absolute Gasteiger partial charge is 0.387 e. The van der Waals surface area contributed by atoms with Crippen LogP contribution < -0.4 is 10.6 Å². The van der Waals surface area contributed by atoms with Crippen molar-refractivity contribution in [2.45, 2.75) is 26.6 Å². The molecule has 2 rings (SSSR count). The monoisotopic (exact) mass is 272 g/mol. The summed E-state index contributed by atoms with van der Waals surface area (Å²) >= 11 is 0. The summed E-state index contributed by atoms with van der Waals surface area (Å²) in [5, 5.41) is 13.2. The molecule has 2 aromatic carbocycles. The zero-order chi connectivity index (χ0) is 13.9. The molecule has 0 amide bonds. The summed E-state index contributed by atoms with van der Waals surface area (Å²) in [6.07, 6.45) is 0. The molecular weight excluding hydrogens is 251 g/mol. The Balaban J connectivity index is 2.46. The van der Waals surface area contributed by atoms with Crippen LogP contribution in [0, 0.1) is 5.41 Å². The smallest absolute Gasteiger partial charge is 0.0861 e. The first-order chi connectivity index (χ1) is 9.00. The van der Waals surface area contributed by atoms with Crippen molar-refractivity contribution in [1.29, 1.82) is 0 Å². The van der Waals surface area contributed by atoms with Gasteiger partial charge in [-0.25, -0.2) is 0 Å². The zero-order valence-corrected chi connectivity index (χ0v) is 12.6. The van der Waals surface area contributed by atoms with E-state index in [1.807, 2.05) is 36.4 Å². The second kappa shape index (κ2) is 5.86. The van der Waals surface area contributed by atoms with Crippen molar-refractivity contribution in [3.05, 3.63) is 60.7 Å². The average molecular weight is 272 g/mol. The van der Waals surface area contributed by atoms with Crippen LogP contribution in [0.1, 0.15) is 20.8 Å². The molecule has 0 saturated carbocycles. The van der Waals surface area contributed by atoms with E-state index in [4.69, 9.17) is 0 Å². The quantitative estimate of drug-likeness (QED) is 0.848. The summed E-state index contributed by atoms with van der Waals surface area (Å²) in [6, 6.07) is 20.7. The second-order valence-corrected chi connectivity index (χ2v) is 8.04. The van der Waals surface area contributed by atoms with Gasteiger partial charge in [-0.2, -0.15) is 0 Å². The third kappa shape index (κ3) is 3.43. The summed E-state index contributed by atoms with van der Waals surface area (Å²) in [5.74, 6) is -0.354. The standard InChI is InChI=1S/C17H21OP/c1-17(2,3)16(18)19(14-10-6-4-7-11-14)15-12-8-5-9-13-15/h4-13,16,18H,1-3H3/t16-/m0/s1. The van der Waals surface area contributed by atoms with Gasteiger partial charge >= 0.3 is 0 Å². The molecule has 19 heavy (non-hydrogen) atoms. The Labute approximate surface area is 117 Å². The molecule has 0 radical (unpaired) electrons. The Bertz CT molecular complexity index is 462. The second-order valence-electron chi connectivity index (χ2n) is 5.78. The van der Waals surface area contributed by atoms with Gasteiger partial charge in [0, 0.05) is 0 Å². The summed E-state index contributed by atoms with van der Waals surface area (Å²) in [7, 11) is -0.745. The highest BCUT2D eigenvalue weighted by atomic mass is 31.1. The van der Waals surface area contributed by atoms with E-state index in [1.165, 1.54) is 10.6 Å². The van der Waals surface area contributed by atoms with Crippen molar-refractivity contribution in [3.63, 3.8) is 0 Å². The fourth-order valence-corrected chi connectivity index (χ4v) is 4.62. The van der Waals surface area contributed by atoms with Crippen LogP contribution >= 0.6 is 7.92 Å². The molecule has 0 aliphatic heterocycles. The van der Waals surface area contributed by atoms with Gasteiger partial charge in [0.15, 0.2) is 0 Å². The topological polar surface area (TPSA) is 20.2 Å². The minimum Gasteiger partial charge on any atom is -0.387 e. The molecule has 100 valence electrons. The lowest BCUT2D eigenvalue weighted by molar-refractivity contribution is 0.139. The first kappa shape index (κ1) is 14.2. The minimum absolute atomic E-state index is 0.128. The Morgan fingerprint density at radius 3 is 1.47 bits per heavy atom. The maximum atomic E-state index is 10.8. The van der Waals surface area contributed by atoms with Gasteiger partial charge in [0.2, 0.25) is 0 Å². The first-order valence-corrected chi connectivity index (χ1v) is 7.98. The molecule has 0 aromatic heterocycles. The first-order valence-electron chi connectivity index (χ1n) is 6.57. The molecule has 0 bridgehead atoms. The summed E-state index contributed by atoms with van der Waals surface area (Å²) in [4.78, 5) is 0. The van der Waals surface area contributed by atoms with Crippen LogP contribution in [0.2, 0.25) is 0 Å². The van der Waals surface area contributed by atoms with Crippen molar-refractivity contribution in [3.8, 4) is 0 Å². The average Bonchev–Trinajstić information content (AvgIpc) is 2.40. The lowest BCUT2D eigenvalue weighted by atomic mass is 9.98. The molecule has 2 aromatic rings. The van der Waals surface area contributed by atoms with E-state index in [-0.39, 0.29) is 11.3 Å². The molecule has 0 spiro atoms. The number of aliphatic hydroxyl groups excluding tert-OH is 1. The maximum absolute atomic E-state index is 10.8. The lowest BCUT2D eigenvalue weighted by Crippen LogP contribution is -2.31. The van der Waals surface area contributed by atoms with E-state index in [2.05, 4.69) is 45.0 Å². The summed E-state index contributed by atoms with van der Waals surface area (Å²) < 4.78 is 0. The van der Waals surface area contributed by atoms with E-state index in [0.29, 0.717) is 0 Å². The molecule has 1 nitrogen and oxygen atoms in total. The Kier molecular flexibility index (Phi) is 4.39. The van der Waals surface area contributed by atoms with Crippen LogP contribution in [0.15, 0.2) is 60.7 Å². The van der Waals surface area contributed by atoms with Gasteiger partial charge in [0.25, 0.3) is 0 Å². The van der Waals surface area contributed by atoms with Crippen LogP contribution in [0.4, 0.5) is 0 Å². The third-order valence-electron chi connectivity index (χ3n) is 3.09. The SMILES string of the molecule is CC(C)(C)[C@@H](O)P(c1ccccc1)c1ccccc1. The van der Waals surface area contributed by atoms with Crippen LogP contribution in [0.5, 0.6) is 0 Å². The molecule has 0 unspecified atom stereocenters. The molecule has 1 atom stereocenters. The van der Waals surface area contributed by atoms with Gasteiger partial charge < -0.3 is 5.11 Å². The van der Waals surface area contributed by atoms with E-state index in [1.54, 1.807) is 0 Å². The van der Waals surface area contributed by atoms with Gasteiger partial charge in [-0.3, -0.25) is 0 Å². The van der Waals surface area contributed by atoms with Crippen molar-refractivity contribution in [1.82, 2.24) is 0 Å². The normalized spacial score (nSPS) is 13.5. The van der Waals surface area contributed by atoms with Crippen LogP contribution in [0.25, 0.3) is 0 Å². The van der Waals surface area contributed by atoms with Crippen LogP contribution in [-0.4, -0.2) is 11.0 Å². The highest BCUT2D eigenvalue weighted by Crippen LogP contribution is 2.45. The van der Waals surface area contributed by atoms with E-state index in [0.717, 1.165) is 0 Å². The summed E-state index contributed by atoms with van der Waals surface area (Å²) in [6.45, 7) is 6.29. The van der Waals surface area contributed by atoms with Crippen molar-refractivity contribution < 1.29 is 5.11 Å². The Hall–Kier alpha value is -1.17. The number of benzene rings is 2. The number of hydrogen-bond donors (Lipinski definition) is 1. The highest BCUT2D eigenvalue weighted by molar-refractivity contribution is 7.73. The van der Waals surface area contributed by atoms with Crippen LogP contribution in [0.3, 0.4) is 0 Å². The van der Waals surface area contributed by atoms with Gasteiger partial charge in [-0.15, -0.1) is 0 Å². The Morgan fingerprint density at radius 1 is 0.789 bits per heavy atom. The van der Waals surface area contributed by atoms with Crippen molar-refractivity contribution in [2.24, 2.45) is 5.41 Å². The predicted octanol–water partition coefficient (Wildman–Crippen LogP) is 3.48. The molecule has 2 heteroatoms. The molecular formula is C17H21OP. The highest BCUT2D eigenvalue weighted by Gasteiger charge is 2.32. The molecule has 0 aliphatic carbocycles. The number of rotatable bonds is 3. The third-order valence-corrected chi connectivity index (χ3v) is 6.06. The van der Waals surface area contributed by atoms with Gasteiger partial charge in [-0.1, -0.05) is 81.4 Å². The zero-order valence-electron chi connectivity index (χ0n) is 11.7. The van der Waals surface area contributed by atoms with E-state index in [9.17, 15) is 5.11 Å². The number of aliphatic hydroxyl groups is 1. The molecule has 1 N–H and O–H groups in total. The predicted molar refractivity (Wildman–Crippen MR) is 84.5 cm³/mol. The Morgan fingerprint density at radius 2 is 1.16 bits per heavy atom. The molecule has 0 saturated heterocycles. The van der Waals surface area contributed by atoms with E-state index >= 15 is 0 Å². The summed E-state index contributed by atoms with van der Waals surface area (Å²) in [5.41, 5.74) is -0.128. The van der Waals surface area contributed by atoms with Gasteiger partial charge in [-0.05, 0) is 23.9 Å². The molecule has 0 heterocycles. The van der Waals surface area contributed by atoms with E-state index < -0.39 is 7.92 Å².